The largest absolute Gasteiger partial charge is 0.385 e. The molecule has 1 aromatic heterocycles. The summed E-state index contributed by atoms with van der Waals surface area (Å²) in [5.41, 5.74) is 0. The topological polar surface area (TPSA) is 105 Å². The Bertz CT molecular complexity index is 563. The van der Waals surface area contributed by atoms with Crippen LogP contribution < -0.4 is 15.4 Å². The van der Waals surface area contributed by atoms with E-state index in [0.29, 0.717) is 25.7 Å². The predicted molar refractivity (Wildman–Crippen MR) is 89.9 cm³/mol. The number of ether oxygens (including phenoxy) is 1. The van der Waals surface area contributed by atoms with E-state index in [-0.39, 0.29) is 11.4 Å². The van der Waals surface area contributed by atoms with E-state index in [1.54, 1.807) is 13.2 Å². The highest BCUT2D eigenvalue weighted by Crippen LogP contribution is 2.04. The minimum atomic E-state index is -3.52. The fourth-order valence-electron chi connectivity index (χ4n) is 1.70. The van der Waals surface area contributed by atoms with Crippen LogP contribution in [-0.4, -0.2) is 59.3 Å². The van der Waals surface area contributed by atoms with Gasteiger partial charge in [0.2, 0.25) is 10.0 Å². The fraction of sp³-hybridized carbons (Fsp3) is 0.571. The first-order chi connectivity index (χ1) is 11.1. The van der Waals surface area contributed by atoms with Crippen molar-refractivity contribution in [3.05, 3.63) is 24.5 Å². The van der Waals surface area contributed by atoms with Crippen molar-refractivity contribution in [1.82, 2.24) is 20.3 Å². The van der Waals surface area contributed by atoms with E-state index in [0.717, 1.165) is 13.0 Å². The average molecular weight is 343 g/mol. The van der Waals surface area contributed by atoms with Crippen LogP contribution in [0.25, 0.3) is 0 Å². The zero-order chi connectivity index (χ0) is 17.0. The second-order valence-corrected chi connectivity index (χ2v) is 6.39. The van der Waals surface area contributed by atoms with Gasteiger partial charge >= 0.3 is 0 Å². The van der Waals surface area contributed by atoms with Crippen LogP contribution in [0.5, 0.6) is 0 Å². The summed E-state index contributed by atoms with van der Waals surface area (Å²) in [7, 11) is -1.87. The number of nitrogens with zero attached hydrogens (tertiary/aromatic N) is 2. The van der Waals surface area contributed by atoms with E-state index in [2.05, 4.69) is 25.3 Å². The van der Waals surface area contributed by atoms with Gasteiger partial charge in [0.25, 0.3) is 0 Å². The van der Waals surface area contributed by atoms with Gasteiger partial charge in [-0.1, -0.05) is 0 Å². The van der Waals surface area contributed by atoms with Crippen LogP contribution in [0.2, 0.25) is 0 Å². The van der Waals surface area contributed by atoms with Gasteiger partial charge in [-0.05, 0) is 25.5 Å². The molecule has 0 atom stereocenters. The second kappa shape index (κ2) is 10.9. The molecule has 0 amide bonds. The molecule has 0 spiro atoms. The zero-order valence-electron chi connectivity index (χ0n) is 13.6. The van der Waals surface area contributed by atoms with Crippen molar-refractivity contribution in [3.63, 3.8) is 0 Å². The van der Waals surface area contributed by atoms with Gasteiger partial charge in [0.1, 0.15) is 4.90 Å². The minimum Gasteiger partial charge on any atom is -0.385 e. The quantitative estimate of drug-likeness (QED) is 0.313. The SMILES string of the molecule is CCNC(=NCCCOC)NCCNS(=O)(=O)c1cccnc1. The number of sulfonamides is 1. The molecule has 8 nitrogen and oxygen atoms in total. The monoisotopic (exact) mass is 343 g/mol. The van der Waals surface area contributed by atoms with Crippen molar-refractivity contribution in [2.24, 2.45) is 4.99 Å². The molecule has 0 aliphatic carbocycles. The Morgan fingerprint density at radius 2 is 2.17 bits per heavy atom. The lowest BCUT2D eigenvalue weighted by Crippen LogP contribution is -2.41. The van der Waals surface area contributed by atoms with Gasteiger partial charge in [0, 0.05) is 52.3 Å². The summed E-state index contributed by atoms with van der Waals surface area (Å²) < 4.78 is 31.5. The fourth-order valence-corrected chi connectivity index (χ4v) is 2.69. The molecule has 0 saturated heterocycles. The molecular formula is C14H25N5O3S. The van der Waals surface area contributed by atoms with Crippen molar-refractivity contribution < 1.29 is 13.2 Å². The van der Waals surface area contributed by atoms with Crippen LogP contribution in [0.4, 0.5) is 0 Å². The molecule has 0 radical (unpaired) electrons. The number of pyridine rings is 1. The molecule has 0 saturated carbocycles. The van der Waals surface area contributed by atoms with E-state index >= 15 is 0 Å². The molecule has 1 aromatic rings. The summed E-state index contributed by atoms with van der Waals surface area (Å²) >= 11 is 0. The maximum Gasteiger partial charge on any atom is 0.242 e. The number of rotatable bonds is 10. The Morgan fingerprint density at radius 1 is 1.35 bits per heavy atom. The summed E-state index contributed by atoms with van der Waals surface area (Å²) in [6.07, 6.45) is 3.68. The van der Waals surface area contributed by atoms with Gasteiger partial charge in [-0.2, -0.15) is 0 Å². The summed E-state index contributed by atoms with van der Waals surface area (Å²) in [5, 5.41) is 6.18. The molecule has 0 fully saturated rings. The van der Waals surface area contributed by atoms with Crippen molar-refractivity contribution >= 4 is 16.0 Å². The van der Waals surface area contributed by atoms with E-state index in [1.807, 2.05) is 6.92 Å². The molecule has 23 heavy (non-hydrogen) atoms. The Labute approximate surface area is 137 Å². The summed E-state index contributed by atoms with van der Waals surface area (Å²) in [6, 6.07) is 3.09. The first kappa shape index (κ1) is 19.3. The smallest absolute Gasteiger partial charge is 0.242 e. The summed E-state index contributed by atoms with van der Waals surface area (Å²) in [6.45, 7) is 4.68. The molecule has 130 valence electrons. The molecule has 0 bridgehead atoms. The number of aromatic nitrogens is 1. The lowest BCUT2D eigenvalue weighted by atomic mass is 10.5. The number of aliphatic imine (C=N–C) groups is 1. The molecule has 0 aliphatic heterocycles. The van der Waals surface area contributed by atoms with Crippen LogP contribution in [0, 0.1) is 0 Å². The van der Waals surface area contributed by atoms with Crippen LogP contribution in [0.1, 0.15) is 13.3 Å². The Morgan fingerprint density at radius 3 is 2.83 bits per heavy atom. The van der Waals surface area contributed by atoms with Crippen LogP contribution in [0.15, 0.2) is 34.4 Å². The number of nitrogens with one attached hydrogen (secondary N) is 3. The Kier molecular flexibility index (Phi) is 9.18. The van der Waals surface area contributed by atoms with Crippen molar-refractivity contribution in [2.45, 2.75) is 18.2 Å². The van der Waals surface area contributed by atoms with E-state index in [9.17, 15) is 8.42 Å². The van der Waals surface area contributed by atoms with E-state index < -0.39 is 10.0 Å². The summed E-state index contributed by atoms with van der Waals surface area (Å²) in [5.74, 6) is 0.657. The molecule has 3 N–H and O–H groups in total. The molecule has 0 unspecified atom stereocenters. The number of methoxy groups -OCH3 is 1. The molecule has 1 rings (SSSR count). The third-order valence-corrected chi connectivity index (χ3v) is 4.22. The van der Waals surface area contributed by atoms with Gasteiger partial charge in [-0.25, -0.2) is 13.1 Å². The molecule has 9 heteroatoms. The van der Waals surface area contributed by atoms with Gasteiger partial charge in [0.05, 0.1) is 0 Å². The highest BCUT2D eigenvalue weighted by molar-refractivity contribution is 7.89. The Hall–Kier alpha value is -1.71. The maximum atomic E-state index is 12.0. The van der Waals surface area contributed by atoms with Gasteiger partial charge in [0.15, 0.2) is 5.96 Å². The zero-order valence-corrected chi connectivity index (χ0v) is 14.4. The molecule has 1 heterocycles. The van der Waals surface area contributed by atoms with Crippen molar-refractivity contribution in [2.75, 3.05) is 39.9 Å². The number of hydrogen-bond acceptors (Lipinski definition) is 5. The second-order valence-electron chi connectivity index (χ2n) is 4.62. The maximum absolute atomic E-state index is 12.0. The van der Waals surface area contributed by atoms with Crippen LogP contribution in [-0.2, 0) is 14.8 Å². The van der Waals surface area contributed by atoms with Crippen molar-refractivity contribution in [1.29, 1.82) is 0 Å². The first-order valence-electron chi connectivity index (χ1n) is 7.51. The number of guanidine groups is 1. The third-order valence-electron chi connectivity index (χ3n) is 2.77. The van der Waals surface area contributed by atoms with Gasteiger partial charge < -0.3 is 15.4 Å². The predicted octanol–water partition coefficient (Wildman–Crippen LogP) is -0.0485. The van der Waals surface area contributed by atoms with Gasteiger partial charge in [-0.15, -0.1) is 0 Å². The standard InChI is InChI=1S/C14H25N5O3S/c1-3-16-14(17-8-5-11-22-2)18-9-10-19-23(20,21)13-6-4-7-15-12-13/h4,6-7,12,19H,3,5,8-11H2,1-2H3,(H2,16,17,18). The van der Waals surface area contributed by atoms with E-state index in [1.165, 1.54) is 18.5 Å². The number of hydrogen-bond donors (Lipinski definition) is 3. The molecule has 0 aliphatic rings. The van der Waals surface area contributed by atoms with Crippen LogP contribution in [0.3, 0.4) is 0 Å². The summed E-state index contributed by atoms with van der Waals surface area (Å²) in [4.78, 5) is 8.33. The highest BCUT2D eigenvalue weighted by Gasteiger charge is 2.12. The highest BCUT2D eigenvalue weighted by atomic mass is 32.2. The van der Waals surface area contributed by atoms with Crippen LogP contribution >= 0.6 is 0 Å². The lowest BCUT2D eigenvalue weighted by Gasteiger charge is -2.12. The Balaban J connectivity index is 2.38. The first-order valence-corrected chi connectivity index (χ1v) is 8.99. The third kappa shape index (κ3) is 7.91. The molecule has 0 aromatic carbocycles. The lowest BCUT2D eigenvalue weighted by molar-refractivity contribution is 0.197. The minimum absolute atomic E-state index is 0.153. The van der Waals surface area contributed by atoms with Crippen molar-refractivity contribution in [3.8, 4) is 0 Å². The van der Waals surface area contributed by atoms with Gasteiger partial charge in [-0.3, -0.25) is 9.98 Å². The average Bonchev–Trinajstić information content (AvgIpc) is 2.56. The van der Waals surface area contributed by atoms with E-state index in [4.69, 9.17) is 4.74 Å². The normalized spacial score (nSPS) is 12.2. The molecular weight excluding hydrogens is 318 g/mol.